The summed E-state index contributed by atoms with van der Waals surface area (Å²) in [4.78, 5) is 4.62. The molecule has 23 heavy (non-hydrogen) atoms. The van der Waals surface area contributed by atoms with Crippen LogP contribution in [-0.4, -0.2) is 31.8 Å². The summed E-state index contributed by atoms with van der Waals surface area (Å²) in [6, 6.07) is 4.15. The predicted molar refractivity (Wildman–Crippen MR) is 94.4 cm³/mol. The lowest BCUT2D eigenvalue weighted by atomic mass is 10.1. The maximum Gasteiger partial charge on any atom is 0.191 e. The summed E-state index contributed by atoms with van der Waals surface area (Å²) >= 11 is 0. The number of aliphatic imine (C=N–C) groups is 1. The van der Waals surface area contributed by atoms with E-state index in [1.165, 1.54) is 5.56 Å². The molecule has 1 aliphatic rings. The van der Waals surface area contributed by atoms with Gasteiger partial charge in [0.1, 0.15) is 17.6 Å². The van der Waals surface area contributed by atoms with Crippen LogP contribution in [0.4, 0.5) is 0 Å². The maximum absolute atomic E-state index is 5.85. The lowest BCUT2D eigenvalue weighted by Gasteiger charge is -2.13. The number of rotatable bonds is 7. The number of benzene rings is 1. The smallest absolute Gasteiger partial charge is 0.191 e. The van der Waals surface area contributed by atoms with Crippen LogP contribution in [-0.2, 0) is 13.0 Å². The van der Waals surface area contributed by atoms with Gasteiger partial charge in [-0.2, -0.15) is 0 Å². The van der Waals surface area contributed by atoms with Crippen molar-refractivity contribution in [2.45, 2.75) is 39.8 Å². The quantitative estimate of drug-likeness (QED) is 0.461. The number of hydrogen-bond acceptors (Lipinski definition) is 3. The van der Waals surface area contributed by atoms with E-state index < -0.39 is 0 Å². The van der Waals surface area contributed by atoms with Gasteiger partial charge >= 0.3 is 0 Å². The van der Waals surface area contributed by atoms with E-state index in [-0.39, 0.29) is 6.10 Å². The van der Waals surface area contributed by atoms with Crippen LogP contribution >= 0.6 is 0 Å². The molecule has 5 heteroatoms. The predicted octanol–water partition coefficient (Wildman–Crippen LogP) is 2.65. The van der Waals surface area contributed by atoms with Crippen molar-refractivity contribution in [2.24, 2.45) is 4.99 Å². The van der Waals surface area contributed by atoms with Crippen LogP contribution in [0, 0.1) is 0 Å². The highest BCUT2D eigenvalue weighted by atomic mass is 16.5. The monoisotopic (exact) mass is 317 g/mol. The fraction of sp³-hybridized carbons (Fsp3) is 0.500. The van der Waals surface area contributed by atoms with Crippen molar-refractivity contribution in [1.29, 1.82) is 0 Å². The molecule has 0 saturated carbocycles. The first-order valence-corrected chi connectivity index (χ1v) is 8.26. The Hall–Kier alpha value is -2.17. The Kier molecular flexibility index (Phi) is 6.32. The zero-order chi connectivity index (χ0) is 16.7. The first-order valence-electron chi connectivity index (χ1n) is 8.26. The molecule has 126 valence electrons. The first kappa shape index (κ1) is 17.2. The van der Waals surface area contributed by atoms with E-state index in [1.54, 1.807) is 0 Å². The zero-order valence-electron chi connectivity index (χ0n) is 14.3. The molecule has 2 N–H and O–H groups in total. The highest BCUT2D eigenvalue weighted by Gasteiger charge is 2.21. The lowest BCUT2D eigenvalue weighted by molar-refractivity contribution is 0.254. The SMILES string of the molecule is C=CCNC(=NCc1cc2c(cc1OCC)CC(C)O2)NCC. The van der Waals surface area contributed by atoms with Gasteiger partial charge in [0.15, 0.2) is 5.96 Å². The fourth-order valence-electron chi connectivity index (χ4n) is 2.57. The van der Waals surface area contributed by atoms with Crippen molar-refractivity contribution in [1.82, 2.24) is 10.6 Å². The fourth-order valence-corrected chi connectivity index (χ4v) is 2.57. The second-order valence-corrected chi connectivity index (χ2v) is 5.50. The third-order valence-electron chi connectivity index (χ3n) is 3.54. The van der Waals surface area contributed by atoms with Crippen LogP contribution in [0.25, 0.3) is 0 Å². The number of nitrogens with zero attached hydrogens (tertiary/aromatic N) is 1. The van der Waals surface area contributed by atoms with E-state index in [0.717, 1.165) is 36.0 Å². The van der Waals surface area contributed by atoms with Gasteiger partial charge in [0, 0.05) is 30.6 Å². The summed E-state index contributed by atoms with van der Waals surface area (Å²) in [6.45, 7) is 12.5. The Bertz CT molecular complexity index is 570. The summed E-state index contributed by atoms with van der Waals surface area (Å²) < 4.78 is 11.6. The van der Waals surface area contributed by atoms with Crippen molar-refractivity contribution in [3.8, 4) is 11.5 Å². The molecule has 1 aromatic rings. The molecule has 1 heterocycles. The standard InChI is InChI=1S/C18H27N3O2/c1-5-8-20-18(19-6-2)21-12-15-11-17-14(9-13(4)23-17)10-16(15)22-7-3/h5,10-11,13H,1,6-9,12H2,2-4H3,(H2,19,20,21). The van der Waals surface area contributed by atoms with Crippen molar-refractivity contribution in [3.63, 3.8) is 0 Å². The highest BCUT2D eigenvalue weighted by Crippen LogP contribution is 2.35. The van der Waals surface area contributed by atoms with Gasteiger partial charge in [-0.25, -0.2) is 4.99 Å². The molecule has 0 radical (unpaired) electrons. The average molecular weight is 317 g/mol. The molecular weight excluding hydrogens is 290 g/mol. The summed E-state index contributed by atoms with van der Waals surface area (Å²) in [6.07, 6.45) is 2.97. The van der Waals surface area contributed by atoms with Gasteiger partial charge < -0.3 is 20.1 Å². The molecule has 0 aliphatic carbocycles. The Morgan fingerprint density at radius 3 is 2.96 bits per heavy atom. The Morgan fingerprint density at radius 2 is 2.26 bits per heavy atom. The van der Waals surface area contributed by atoms with Crippen molar-refractivity contribution in [2.75, 3.05) is 19.7 Å². The van der Waals surface area contributed by atoms with Gasteiger partial charge in [-0.3, -0.25) is 0 Å². The van der Waals surface area contributed by atoms with Crippen molar-refractivity contribution >= 4 is 5.96 Å². The topological polar surface area (TPSA) is 54.9 Å². The van der Waals surface area contributed by atoms with Gasteiger partial charge in [-0.1, -0.05) is 6.08 Å². The third-order valence-corrected chi connectivity index (χ3v) is 3.54. The van der Waals surface area contributed by atoms with Gasteiger partial charge in [0.25, 0.3) is 0 Å². The van der Waals surface area contributed by atoms with Crippen molar-refractivity contribution < 1.29 is 9.47 Å². The molecule has 1 atom stereocenters. The molecule has 0 aromatic heterocycles. The van der Waals surface area contributed by atoms with E-state index in [0.29, 0.717) is 19.7 Å². The first-order chi connectivity index (χ1) is 11.2. The lowest BCUT2D eigenvalue weighted by Crippen LogP contribution is -2.37. The minimum absolute atomic E-state index is 0.227. The molecule has 1 aromatic carbocycles. The Labute approximate surface area is 138 Å². The number of guanidine groups is 1. The molecular formula is C18H27N3O2. The number of hydrogen-bond donors (Lipinski definition) is 2. The van der Waals surface area contributed by atoms with E-state index in [2.05, 4.69) is 41.3 Å². The minimum Gasteiger partial charge on any atom is -0.494 e. The van der Waals surface area contributed by atoms with Crippen LogP contribution in [0.15, 0.2) is 29.8 Å². The van der Waals surface area contributed by atoms with Crippen LogP contribution in [0.1, 0.15) is 31.9 Å². The van der Waals surface area contributed by atoms with E-state index in [4.69, 9.17) is 9.47 Å². The van der Waals surface area contributed by atoms with E-state index >= 15 is 0 Å². The van der Waals surface area contributed by atoms with Crippen LogP contribution in [0.5, 0.6) is 11.5 Å². The van der Waals surface area contributed by atoms with Crippen molar-refractivity contribution in [3.05, 3.63) is 35.9 Å². The van der Waals surface area contributed by atoms with Gasteiger partial charge in [0.05, 0.1) is 13.2 Å². The minimum atomic E-state index is 0.227. The van der Waals surface area contributed by atoms with Gasteiger partial charge in [-0.15, -0.1) is 6.58 Å². The second-order valence-electron chi connectivity index (χ2n) is 5.50. The average Bonchev–Trinajstić information content (AvgIpc) is 2.89. The van der Waals surface area contributed by atoms with E-state index in [1.807, 2.05) is 19.9 Å². The molecule has 5 nitrogen and oxygen atoms in total. The second kappa shape index (κ2) is 8.46. The number of fused-ring (bicyclic) bond motifs is 1. The molecule has 1 aliphatic heterocycles. The highest BCUT2D eigenvalue weighted by molar-refractivity contribution is 5.79. The molecule has 0 saturated heterocycles. The third kappa shape index (κ3) is 4.65. The van der Waals surface area contributed by atoms with Gasteiger partial charge in [-0.05, 0) is 32.9 Å². The zero-order valence-corrected chi connectivity index (χ0v) is 14.3. The number of nitrogens with one attached hydrogen (secondary N) is 2. The van der Waals surface area contributed by atoms with Crippen LogP contribution in [0.3, 0.4) is 0 Å². The number of ether oxygens (including phenoxy) is 2. The summed E-state index contributed by atoms with van der Waals surface area (Å²) in [5, 5.41) is 6.42. The molecule has 0 fully saturated rings. The summed E-state index contributed by atoms with van der Waals surface area (Å²) in [5.41, 5.74) is 2.25. The molecule has 2 rings (SSSR count). The molecule has 1 unspecified atom stereocenters. The largest absolute Gasteiger partial charge is 0.494 e. The maximum atomic E-state index is 5.85. The Morgan fingerprint density at radius 1 is 1.43 bits per heavy atom. The summed E-state index contributed by atoms with van der Waals surface area (Å²) in [5.74, 6) is 2.62. The normalized spacial score (nSPS) is 16.5. The van der Waals surface area contributed by atoms with Crippen LogP contribution < -0.4 is 20.1 Å². The van der Waals surface area contributed by atoms with Gasteiger partial charge in [0.2, 0.25) is 0 Å². The van der Waals surface area contributed by atoms with Crippen LogP contribution in [0.2, 0.25) is 0 Å². The molecule has 0 bridgehead atoms. The van der Waals surface area contributed by atoms with E-state index in [9.17, 15) is 0 Å². The summed E-state index contributed by atoms with van der Waals surface area (Å²) in [7, 11) is 0. The molecule has 0 amide bonds. The Balaban J connectivity index is 2.19. The molecule has 0 spiro atoms.